The summed E-state index contributed by atoms with van der Waals surface area (Å²) >= 11 is 0. The summed E-state index contributed by atoms with van der Waals surface area (Å²) in [6.07, 6.45) is -11.2. The van der Waals surface area contributed by atoms with E-state index >= 15 is 0 Å². The van der Waals surface area contributed by atoms with Crippen LogP contribution in [0.25, 0.3) is 33.6 Å². The second-order valence-electron chi connectivity index (χ2n) is 9.81. The number of halogens is 6. The number of aromatic nitrogens is 1. The van der Waals surface area contributed by atoms with Gasteiger partial charge in [-0.25, -0.2) is 4.98 Å². The van der Waals surface area contributed by atoms with Gasteiger partial charge in [-0.05, 0) is 39.9 Å². The zero-order valence-corrected chi connectivity index (χ0v) is 19.2. The van der Waals surface area contributed by atoms with Gasteiger partial charge in [0.2, 0.25) is 5.41 Å². The van der Waals surface area contributed by atoms with Crippen LogP contribution in [0.4, 0.5) is 26.3 Å². The molecule has 0 saturated carbocycles. The second kappa shape index (κ2) is 6.99. The molecule has 0 atom stereocenters. The van der Waals surface area contributed by atoms with Crippen LogP contribution >= 0.6 is 0 Å². The third kappa shape index (κ3) is 2.71. The van der Waals surface area contributed by atoms with E-state index in [1.165, 1.54) is 24.3 Å². The predicted octanol–water partition coefficient (Wildman–Crippen LogP) is 8.45. The molecular formula is C29H19F6N. The highest BCUT2D eigenvalue weighted by Gasteiger charge is 2.75. The van der Waals surface area contributed by atoms with Gasteiger partial charge >= 0.3 is 12.4 Å². The number of rotatable bonds is 1. The Hall–Kier alpha value is -3.61. The minimum Gasteiger partial charge on any atom is -0.247 e. The van der Waals surface area contributed by atoms with Gasteiger partial charge in [0.15, 0.2) is 0 Å². The number of fused-ring (bicyclic) bond motifs is 6. The van der Waals surface area contributed by atoms with E-state index in [4.69, 9.17) is 0 Å². The lowest BCUT2D eigenvalue weighted by Crippen LogP contribution is -2.53. The summed E-state index contributed by atoms with van der Waals surface area (Å²) in [6, 6.07) is 20.7. The highest BCUT2D eigenvalue weighted by Crippen LogP contribution is 2.63. The fourth-order valence-electron chi connectivity index (χ4n) is 5.92. The average molecular weight is 495 g/mol. The van der Waals surface area contributed by atoms with E-state index in [0.717, 1.165) is 34.4 Å². The van der Waals surface area contributed by atoms with Crippen LogP contribution in [-0.4, -0.2) is 17.3 Å². The topological polar surface area (TPSA) is 12.9 Å². The first kappa shape index (κ1) is 22.8. The molecule has 0 aliphatic heterocycles. The molecule has 0 N–H and O–H groups in total. The molecule has 1 aromatic heterocycles. The molecule has 2 aliphatic carbocycles. The number of alkyl halides is 6. The molecule has 0 radical (unpaired) electrons. The highest BCUT2D eigenvalue weighted by molar-refractivity contribution is 5.85. The number of benzene rings is 3. The van der Waals surface area contributed by atoms with Crippen LogP contribution in [-0.2, 0) is 10.8 Å². The fraction of sp³-hybridized carbons (Fsp3) is 0.207. The first-order valence-corrected chi connectivity index (χ1v) is 11.4. The van der Waals surface area contributed by atoms with Crippen molar-refractivity contribution in [2.75, 3.05) is 0 Å². The number of hydrogen-bond donors (Lipinski definition) is 0. The Morgan fingerprint density at radius 1 is 0.583 bits per heavy atom. The third-order valence-corrected chi connectivity index (χ3v) is 7.62. The van der Waals surface area contributed by atoms with Crippen LogP contribution in [0, 0.1) is 0 Å². The summed E-state index contributed by atoms with van der Waals surface area (Å²) in [4.78, 5) is 4.41. The van der Waals surface area contributed by atoms with Crippen LogP contribution in [0.3, 0.4) is 0 Å². The van der Waals surface area contributed by atoms with Crippen molar-refractivity contribution < 1.29 is 26.3 Å². The number of hydrogen-bond acceptors (Lipinski definition) is 1. The molecule has 0 amide bonds. The van der Waals surface area contributed by atoms with Crippen LogP contribution in [0.5, 0.6) is 0 Å². The minimum atomic E-state index is -5.60. The molecule has 3 aromatic carbocycles. The largest absolute Gasteiger partial charge is 0.411 e. The second-order valence-corrected chi connectivity index (χ2v) is 9.81. The van der Waals surface area contributed by atoms with Crippen molar-refractivity contribution in [3.63, 3.8) is 0 Å². The van der Waals surface area contributed by atoms with E-state index in [-0.39, 0.29) is 16.7 Å². The Morgan fingerprint density at radius 3 is 1.83 bits per heavy atom. The average Bonchev–Trinajstić information content (AvgIpc) is 3.26. The lowest BCUT2D eigenvalue weighted by Gasteiger charge is -2.35. The fourth-order valence-corrected chi connectivity index (χ4v) is 5.92. The number of pyridine rings is 1. The highest BCUT2D eigenvalue weighted by atomic mass is 19.4. The van der Waals surface area contributed by atoms with Crippen molar-refractivity contribution in [3.8, 4) is 33.6 Å². The molecule has 1 heterocycles. The van der Waals surface area contributed by atoms with E-state index in [2.05, 4.69) is 24.9 Å². The van der Waals surface area contributed by atoms with Crippen molar-refractivity contribution in [2.24, 2.45) is 0 Å². The van der Waals surface area contributed by atoms with E-state index < -0.39 is 28.9 Å². The predicted molar refractivity (Wildman–Crippen MR) is 126 cm³/mol. The maximum atomic E-state index is 14.3. The van der Waals surface area contributed by atoms with Crippen LogP contribution < -0.4 is 0 Å². The molecule has 2 aliphatic rings. The number of nitrogens with zero attached hydrogens (tertiary/aromatic N) is 1. The summed E-state index contributed by atoms with van der Waals surface area (Å²) in [6.45, 7) is 4.18. The summed E-state index contributed by atoms with van der Waals surface area (Å²) in [5.74, 6) is 0. The summed E-state index contributed by atoms with van der Waals surface area (Å²) in [5, 5.41) is 0. The van der Waals surface area contributed by atoms with Crippen molar-refractivity contribution in [3.05, 3.63) is 101 Å². The summed E-state index contributed by atoms with van der Waals surface area (Å²) < 4.78 is 85.9. The minimum absolute atomic E-state index is 0.155. The van der Waals surface area contributed by atoms with Gasteiger partial charge < -0.3 is 0 Å². The molecule has 0 bridgehead atoms. The molecule has 0 unspecified atom stereocenters. The van der Waals surface area contributed by atoms with Gasteiger partial charge in [-0.15, -0.1) is 0 Å². The van der Waals surface area contributed by atoms with Gasteiger partial charge in [0, 0.05) is 22.1 Å². The van der Waals surface area contributed by atoms with Crippen molar-refractivity contribution in [1.29, 1.82) is 0 Å². The first-order valence-electron chi connectivity index (χ1n) is 11.4. The van der Waals surface area contributed by atoms with Crippen LogP contribution in [0.2, 0.25) is 0 Å². The Balaban J connectivity index is 1.56. The Labute approximate surface area is 203 Å². The molecule has 4 aromatic rings. The van der Waals surface area contributed by atoms with Crippen LogP contribution in [0.15, 0.2) is 78.9 Å². The maximum absolute atomic E-state index is 14.3. The van der Waals surface area contributed by atoms with Gasteiger partial charge in [0.1, 0.15) is 0 Å². The van der Waals surface area contributed by atoms with E-state index in [9.17, 15) is 26.3 Å². The van der Waals surface area contributed by atoms with E-state index in [0.29, 0.717) is 11.3 Å². The third-order valence-electron chi connectivity index (χ3n) is 7.62. The first-order chi connectivity index (χ1) is 16.9. The standard InChI is InChI=1S/C29H19F6N/c1-26(2)20-9-5-3-7-17(20)18-12-11-16(15-23(18)26)24-14-13-22-25(36-24)19-8-4-6-10-21(19)27(22,28(30,31)32)29(33,34)35/h3-15H,1-2H3. The van der Waals surface area contributed by atoms with Crippen LogP contribution in [0.1, 0.15) is 36.1 Å². The van der Waals surface area contributed by atoms with E-state index in [1.54, 1.807) is 0 Å². The SMILES string of the molecule is CC1(C)c2ccccc2-c2ccc(-c3ccc4c(n3)-c3ccccc3C4(C(F)(F)F)C(F)(F)F)cc21. The zero-order valence-electron chi connectivity index (χ0n) is 19.2. The lowest BCUT2D eigenvalue weighted by atomic mass is 9.76. The molecule has 6 rings (SSSR count). The molecule has 0 spiro atoms. The van der Waals surface area contributed by atoms with E-state index in [1.807, 2.05) is 36.4 Å². The van der Waals surface area contributed by atoms with Gasteiger partial charge in [0.25, 0.3) is 0 Å². The lowest BCUT2D eigenvalue weighted by molar-refractivity contribution is -0.287. The Morgan fingerprint density at radius 2 is 1.17 bits per heavy atom. The van der Waals surface area contributed by atoms with Crippen molar-refractivity contribution in [2.45, 2.75) is 37.0 Å². The van der Waals surface area contributed by atoms with Gasteiger partial charge in [-0.2, -0.15) is 26.3 Å². The monoisotopic (exact) mass is 495 g/mol. The molecule has 36 heavy (non-hydrogen) atoms. The van der Waals surface area contributed by atoms with Crippen molar-refractivity contribution in [1.82, 2.24) is 4.98 Å². The van der Waals surface area contributed by atoms with Gasteiger partial charge in [-0.1, -0.05) is 80.6 Å². The molecule has 1 nitrogen and oxygen atoms in total. The van der Waals surface area contributed by atoms with Gasteiger partial charge in [0.05, 0.1) is 11.4 Å². The van der Waals surface area contributed by atoms with Gasteiger partial charge in [-0.3, -0.25) is 0 Å². The summed E-state index contributed by atoms with van der Waals surface area (Å²) in [7, 11) is 0. The molecule has 0 saturated heterocycles. The Bertz CT molecular complexity index is 1530. The molecule has 7 heteroatoms. The normalized spacial score (nSPS) is 16.8. The maximum Gasteiger partial charge on any atom is 0.411 e. The smallest absolute Gasteiger partial charge is 0.247 e. The summed E-state index contributed by atoms with van der Waals surface area (Å²) in [5.41, 5.74) is -1.30. The van der Waals surface area contributed by atoms with Crippen molar-refractivity contribution >= 4 is 0 Å². The quantitative estimate of drug-likeness (QED) is 0.242. The Kier molecular flexibility index (Phi) is 4.43. The molecular weight excluding hydrogens is 476 g/mol. The zero-order chi connectivity index (χ0) is 25.7. The molecule has 182 valence electrons. The molecule has 0 fully saturated rings.